The lowest BCUT2D eigenvalue weighted by Gasteiger charge is -2.07. The van der Waals surface area contributed by atoms with Gasteiger partial charge in [-0.15, -0.1) is 10.2 Å². The molecule has 0 fully saturated rings. The Morgan fingerprint density at radius 1 is 0.931 bits per heavy atom. The number of anilines is 1. The number of hydrogen-bond acceptors (Lipinski definition) is 6. The summed E-state index contributed by atoms with van der Waals surface area (Å²) < 4.78 is 9.45. The number of pyridine rings is 1. The molecule has 0 atom stereocenters. The van der Waals surface area contributed by atoms with E-state index in [1.165, 1.54) is 0 Å². The van der Waals surface area contributed by atoms with Crippen molar-refractivity contribution in [3.8, 4) is 28.3 Å². The number of nitrogen functional groups attached to an aromatic ring is 1. The van der Waals surface area contributed by atoms with Gasteiger partial charge in [0.2, 0.25) is 5.95 Å². The minimum Gasteiger partial charge on any atom is -0.497 e. The zero-order chi connectivity index (χ0) is 20.1. The molecule has 0 aliphatic heterocycles. The first-order valence-electron chi connectivity index (χ1n) is 9.11. The molecule has 4 aromatic heterocycles. The molecule has 4 heterocycles. The molecule has 144 valence electrons. The predicted molar refractivity (Wildman–Crippen MR) is 112 cm³/mol. The highest BCUT2D eigenvalue weighted by Gasteiger charge is 2.21. The van der Waals surface area contributed by atoms with Crippen LogP contribution in [-0.2, 0) is 14.1 Å². The molecule has 0 unspecified atom stereocenters. The number of ether oxygens (including phenoxy) is 1. The Bertz CT molecular complexity index is 1380. The number of rotatable bonds is 3. The summed E-state index contributed by atoms with van der Waals surface area (Å²) in [5, 5.41) is 10.5. The van der Waals surface area contributed by atoms with Crippen LogP contribution in [0.2, 0.25) is 0 Å². The fraction of sp³-hybridized carbons (Fsp3) is 0.143. The first-order chi connectivity index (χ1) is 14.1. The summed E-state index contributed by atoms with van der Waals surface area (Å²) in [6.45, 7) is 0. The third kappa shape index (κ3) is 2.60. The fourth-order valence-electron chi connectivity index (χ4n) is 3.80. The first-order valence-corrected chi connectivity index (χ1v) is 9.11. The number of nitrogens with zero attached hydrogens (tertiary/aromatic N) is 6. The van der Waals surface area contributed by atoms with E-state index in [2.05, 4.69) is 24.7 Å². The molecule has 29 heavy (non-hydrogen) atoms. The molecule has 0 aliphatic carbocycles. The van der Waals surface area contributed by atoms with E-state index in [9.17, 15) is 0 Å². The maximum atomic E-state index is 5.92. The maximum Gasteiger partial charge on any atom is 0.240 e. The summed E-state index contributed by atoms with van der Waals surface area (Å²) in [6, 6.07) is 9.89. The highest BCUT2D eigenvalue weighted by molar-refractivity contribution is 6.02. The fourth-order valence-corrected chi connectivity index (χ4v) is 3.80. The van der Waals surface area contributed by atoms with E-state index in [1.54, 1.807) is 13.3 Å². The second kappa shape index (κ2) is 6.30. The van der Waals surface area contributed by atoms with Crippen molar-refractivity contribution in [2.45, 2.75) is 0 Å². The van der Waals surface area contributed by atoms with Crippen molar-refractivity contribution < 1.29 is 4.74 Å². The molecule has 8 nitrogen and oxygen atoms in total. The Hall–Kier alpha value is -3.94. The van der Waals surface area contributed by atoms with Crippen LogP contribution >= 0.6 is 0 Å². The van der Waals surface area contributed by atoms with Crippen molar-refractivity contribution in [2.24, 2.45) is 14.1 Å². The van der Waals surface area contributed by atoms with Crippen LogP contribution in [0.4, 0.5) is 5.95 Å². The Balaban J connectivity index is 1.84. The minimum atomic E-state index is 0.127. The van der Waals surface area contributed by atoms with Crippen LogP contribution in [0, 0.1) is 0 Å². The molecule has 2 N–H and O–H groups in total. The number of benzene rings is 1. The van der Waals surface area contributed by atoms with Gasteiger partial charge in [0.05, 0.1) is 7.11 Å². The summed E-state index contributed by atoms with van der Waals surface area (Å²) in [6.07, 6.45) is 5.80. The van der Waals surface area contributed by atoms with Crippen LogP contribution in [0.25, 0.3) is 44.5 Å². The lowest BCUT2D eigenvalue weighted by molar-refractivity contribution is 0.415. The molecule has 0 radical (unpaired) electrons. The van der Waals surface area contributed by atoms with Gasteiger partial charge >= 0.3 is 0 Å². The smallest absolute Gasteiger partial charge is 0.240 e. The monoisotopic (exact) mass is 385 g/mol. The SMILES string of the molecule is COc1ccc2c(c1)c(-c1nnc(N)nc1-c1cn(C)c3ncccc13)cn2C. The van der Waals surface area contributed by atoms with E-state index < -0.39 is 0 Å². The standard InChI is InChI=1S/C21H19N7O/c1-27-10-16(14-9-12(29-3)6-7-17(14)27)19-18(24-21(22)26-25-19)15-11-28(2)20-13(15)5-4-8-23-20/h4-11H,1-3H3,(H2,22,24,26). The third-order valence-corrected chi connectivity index (χ3v) is 5.14. The Morgan fingerprint density at radius 2 is 1.72 bits per heavy atom. The first kappa shape index (κ1) is 17.2. The lowest BCUT2D eigenvalue weighted by atomic mass is 10.0. The quantitative estimate of drug-likeness (QED) is 0.512. The molecule has 0 bridgehead atoms. The molecular formula is C21H19N7O. The van der Waals surface area contributed by atoms with E-state index in [4.69, 9.17) is 10.5 Å². The van der Waals surface area contributed by atoms with Gasteiger partial charge in [0.25, 0.3) is 0 Å². The summed E-state index contributed by atoms with van der Waals surface area (Å²) in [5.41, 5.74) is 11.0. The van der Waals surface area contributed by atoms with Crippen LogP contribution in [0.1, 0.15) is 0 Å². The Kier molecular flexibility index (Phi) is 3.73. The Morgan fingerprint density at radius 3 is 2.55 bits per heavy atom. The molecule has 0 saturated carbocycles. The molecule has 5 rings (SSSR count). The summed E-state index contributed by atoms with van der Waals surface area (Å²) in [5.74, 6) is 0.902. The largest absolute Gasteiger partial charge is 0.497 e. The van der Waals surface area contributed by atoms with Crippen molar-refractivity contribution in [1.29, 1.82) is 0 Å². The molecule has 5 aromatic rings. The molecule has 8 heteroatoms. The van der Waals surface area contributed by atoms with Crippen LogP contribution in [-0.4, -0.2) is 36.4 Å². The molecule has 0 spiro atoms. The van der Waals surface area contributed by atoms with Gasteiger partial charge in [-0.3, -0.25) is 0 Å². The number of aryl methyl sites for hydroxylation is 2. The molecule has 1 aromatic carbocycles. The van der Waals surface area contributed by atoms with Crippen LogP contribution in [0.5, 0.6) is 5.75 Å². The van der Waals surface area contributed by atoms with Crippen LogP contribution < -0.4 is 10.5 Å². The van der Waals surface area contributed by atoms with Gasteiger partial charge in [-0.1, -0.05) is 0 Å². The van der Waals surface area contributed by atoms with Gasteiger partial charge in [-0.05, 0) is 30.3 Å². The van der Waals surface area contributed by atoms with E-state index in [0.29, 0.717) is 11.4 Å². The number of nitrogens with two attached hydrogens (primary N) is 1. The van der Waals surface area contributed by atoms with Crippen molar-refractivity contribution in [2.75, 3.05) is 12.8 Å². The lowest BCUT2D eigenvalue weighted by Crippen LogP contribution is -2.02. The highest BCUT2D eigenvalue weighted by atomic mass is 16.5. The second-order valence-electron chi connectivity index (χ2n) is 6.93. The summed E-state index contributed by atoms with van der Waals surface area (Å²) in [7, 11) is 5.61. The van der Waals surface area contributed by atoms with Gasteiger partial charge in [0, 0.05) is 60.1 Å². The number of fused-ring (bicyclic) bond motifs is 2. The van der Waals surface area contributed by atoms with Gasteiger partial charge < -0.3 is 19.6 Å². The van der Waals surface area contributed by atoms with Crippen molar-refractivity contribution in [1.82, 2.24) is 29.3 Å². The molecule has 0 aliphatic rings. The predicted octanol–water partition coefficient (Wildman–Crippen LogP) is 3.17. The topological polar surface area (TPSA) is 96.7 Å². The van der Waals surface area contributed by atoms with Crippen molar-refractivity contribution in [3.05, 3.63) is 48.9 Å². The van der Waals surface area contributed by atoms with Gasteiger partial charge in [0.15, 0.2) is 0 Å². The van der Waals surface area contributed by atoms with E-state index in [0.717, 1.165) is 38.8 Å². The minimum absolute atomic E-state index is 0.127. The summed E-state index contributed by atoms with van der Waals surface area (Å²) in [4.78, 5) is 9.04. The average Bonchev–Trinajstić information content (AvgIpc) is 3.25. The average molecular weight is 385 g/mol. The molecule has 0 saturated heterocycles. The van der Waals surface area contributed by atoms with Gasteiger partial charge in [-0.25, -0.2) is 9.97 Å². The van der Waals surface area contributed by atoms with E-state index in [1.807, 2.05) is 61.4 Å². The normalized spacial score (nSPS) is 11.4. The maximum absolute atomic E-state index is 5.92. The third-order valence-electron chi connectivity index (χ3n) is 5.14. The van der Waals surface area contributed by atoms with Crippen molar-refractivity contribution >= 4 is 27.9 Å². The zero-order valence-electron chi connectivity index (χ0n) is 16.3. The summed E-state index contributed by atoms with van der Waals surface area (Å²) >= 11 is 0. The van der Waals surface area contributed by atoms with E-state index >= 15 is 0 Å². The van der Waals surface area contributed by atoms with Crippen LogP contribution in [0.15, 0.2) is 48.9 Å². The number of hydrogen-bond donors (Lipinski definition) is 1. The number of methoxy groups -OCH3 is 1. The van der Waals surface area contributed by atoms with Crippen molar-refractivity contribution in [3.63, 3.8) is 0 Å². The van der Waals surface area contributed by atoms with E-state index in [-0.39, 0.29) is 5.95 Å². The highest BCUT2D eigenvalue weighted by Crippen LogP contribution is 2.38. The molecule has 0 amide bonds. The second-order valence-corrected chi connectivity index (χ2v) is 6.93. The Labute approximate surface area is 166 Å². The van der Waals surface area contributed by atoms with Gasteiger partial charge in [0.1, 0.15) is 22.8 Å². The van der Waals surface area contributed by atoms with Gasteiger partial charge in [-0.2, -0.15) is 0 Å². The van der Waals surface area contributed by atoms with Crippen LogP contribution in [0.3, 0.4) is 0 Å². The molecular weight excluding hydrogens is 366 g/mol. The zero-order valence-corrected chi connectivity index (χ0v) is 16.3. The number of aromatic nitrogens is 6.